The van der Waals surface area contributed by atoms with E-state index in [4.69, 9.17) is 9.47 Å². The van der Waals surface area contributed by atoms with E-state index in [1.54, 1.807) is 18.2 Å². The fourth-order valence-electron chi connectivity index (χ4n) is 3.13. The lowest BCUT2D eigenvalue weighted by atomic mass is 9.99. The summed E-state index contributed by atoms with van der Waals surface area (Å²) in [6.45, 7) is 6.13. The SMILES string of the molecule is COC(=O)c1cccc(C(=O)Oc2ccc(Cc3ccc(C)c(C)c3)cc2C)c1. The van der Waals surface area contributed by atoms with E-state index < -0.39 is 11.9 Å². The van der Waals surface area contributed by atoms with E-state index in [-0.39, 0.29) is 0 Å². The summed E-state index contributed by atoms with van der Waals surface area (Å²) in [6.07, 6.45) is 0.817. The Hall–Kier alpha value is -3.40. The number of carbonyl (C=O) groups is 2. The van der Waals surface area contributed by atoms with Gasteiger partial charge < -0.3 is 9.47 Å². The van der Waals surface area contributed by atoms with Crippen molar-refractivity contribution < 1.29 is 19.1 Å². The molecule has 0 aromatic heterocycles. The second-order valence-electron chi connectivity index (χ2n) is 7.16. The normalized spacial score (nSPS) is 10.5. The van der Waals surface area contributed by atoms with Crippen molar-refractivity contribution in [1.29, 1.82) is 0 Å². The van der Waals surface area contributed by atoms with Crippen molar-refractivity contribution in [2.24, 2.45) is 0 Å². The summed E-state index contributed by atoms with van der Waals surface area (Å²) in [5.74, 6) is -0.505. The van der Waals surface area contributed by atoms with Crippen LogP contribution in [0.4, 0.5) is 0 Å². The Labute approximate surface area is 171 Å². The smallest absolute Gasteiger partial charge is 0.343 e. The van der Waals surface area contributed by atoms with Gasteiger partial charge in [0.25, 0.3) is 0 Å². The fraction of sp³-hybridized carbons (Fsp3) is 0.200. The predicted molar refractivity (Wildman–Crippen MR) is 113 cm³/mol. The third kappa shape index (κ3) is 4.91. The highest BCUT2D eigenvalue weighted by atomic mass is 16.5. The molecular weight excluding hydrogens is 364 g/mol. The van der Waals surface area contributed by atoms with Gasteiger partial charge >= 0.3 is 11.9 Å². The predicted octanol–water partition coefficient (Wildman–Crippen LogP) is 5.21. The third-order valence-electron chi connectivity index (χ3n) is 4.94. The van der Waals surface area contributed by atoms with Crippen LogP contribution in [0.3, 0.4) is 0 Å². The number of esters is 2. The molecule has 0 bridgehead atoms. The van der Waals surface area contributed by atoms with Gasteiger partial charge in [-0.2, -0.15) is 0 Å². The average Bonchev–Trinajstić information content (AvgIpc) is 2.72. The van der Waals surface area contributed by atoms with Crippen molar-refractivity contribution >= 4 is 11.9 Å². The van der Waals surface area contributed by atoms with Crippen LogP contribution in [0.15, 0.2) is 60.7 Å². The van der Waals surface area contributed by atoms with Crippen LogP contribution in [0.2, 0.25) is 0 Å². The summed E-state index contributed by atoms with van der Waals surface area (Å²) < 4.78 is 10.2. The zero-order valence-corrected chi connectivity index (χ0v) is 17.1. The molecule has 0 heterocycles. The lowest BCUT2D eigenvalue weighted by Gasteiger charge is -2.11. The van der Waals surface area contributed by atoms with Crippen molar-refractivity contribution in [2.45, 2.75) is 27.2 Å². The number of carbonyl (C=O) groups excluding carboxylic acids is 2. The quantitative estimate of drug-likeness (QED) is 0.445. The molecule has 0 radical (unpaired) electrons. The van der Waals surface area contributed by atoms with E-state index in [0.717, 1.165) is 17.5 Å². The highest BCUT2D eigenvalue weighted by Gasteiger charge is 2.14. The molecule has 3 aromatic carbocycles. The maximum atomic E-state index is 12.5. The lowest BCUT2D eigenvalue weighted by molar-refractivity contribution is 0.0600. The van der Waals surface area contributed by atoms with Gasteiger partial charge in [-0.05, 0) is 79.3 Å². The van der Waals surface area contributed by atoms with Crippen LogP contribution in [-0.2, 0) is 11.2 Å². The first kappa shape index (κ1) is 20.3. The minimum absolute atomic E-state index is 0.298. The Morgan fingerprint density at radius 3 is 1.97 bits per heavy atom. The zero-order valence-electron chi connectivity index (χ0n) is 17.1. The van der Waals surface area contributed by atoms with Crippen LogP contribution < -0.4 is 4.74 Å². The Morgan fingerprint density at radius 2 is 1.34 bits per heavy atom. The van der Waals surface area contributed by atoms with Gasteiger partial charge in [-0.25, -0.2) is 9.59 Å². The standard InChI is InChI=1S/C25H24O4/c1-16-8-9-19(12-17(16)2)14-20-10-11-23(18(3)13-20)29-25(27)22-7-5-6-21(15-22)24(26)28-4/h5-13,15H,14H2,1-4H3. The van der Waals surface area contributed by atoms with Crippen molar-refractivity contribution in [2.75, 3.05) is 7.11 Å². The van der Waals surface area contributed by atoms with E-state index in [2.05, 4.69) is 32.0 Å². The molecule has 148 valence electrons. The number of aryl methyl sites for hydroxylation is 3. The van der Waals surface area contributed by atoms with Gasteiger partial charge in [-0.15, -0.1) is 0 Å². The van der Waals surface area contributed by atoms with Crippen LogP contribution in [0.1, 0.15) is 48.5 Å². The first-order valence-electron chi connectivity index (χ1n) is 9.43. The molecule has 0 atom stereocenters. The molecule has 29 heavy (non-hydrogen) atoms. The summed E-state index contributed by atoms with van der Waals surface area (Å²) in [4.78, 5) is 24.2. The molecule has 3 rings (SSSR count). The molecule has 0 aliphatic carbocycles. The Bertz CT molecular complexity index is 1070. The van der Waals surface area contributed by atoms with E-state index in [9.17, 15) is 9.59 Å². The Kier molecular flexibility index (Phi) is 6.13. The zero-order chi connectivity index (χ0) is 21.0. The molecule has 0 fully saturated rings. The van der Waals surface area contributed by atoms with E-state index in [1.165, 1.54) is 29.9 Å². The second-order valence-corrected chi connectivity index (χ2v) is 7.16. The van der Waals surface area contributed by atoms with Gasteiger partial charge in [0, 0.05) is 0 Å². The molecule has 0 unspecified atom stereocenters. The summed E-state index contributed by atoms with van der Waals surface area (Å²) in [6, 6.07) is 18.6. The fourth-order valence-corrected chi connectivity index (χ4v) is 3.13. The van der Waals surface area contributed by atoms with Gasteiger partial charge in [0.05, 0.1) is 18.2 Å². The molecule has 0 aliphatic heterocycles. The van der Waals surface area contributed by atoms with E-state index >= 15 is 0 Å². The van der Waals surface area contributed by atoms with Crippen molar-refractivity contribution in [1.82, 2.24) is 0 Å². The summed E-state index contributed by atoms with van der Waals surface area (Å²) in [5.41, 5.74) is 6.44. The minimum atomic E-state index is -0.513. The van der Waals surface area contributed by atoms with Crippen molar-refractivity contribution in [3.63, 3.8) is 0 Å². The molecule has 0 saturated carbocycles. The maximum absolute atomic E-state index is 12.5. The number of methoxy groups -OCH3 is 1. The van der Waals surface area contributed by atoms with E-state index in [0.29, 0.717) is 16.9 Å². The Balaban J connectivity index is 1.74. The van der Waals surface area contributed by atoms with Crippen LogP contribution >= 0.6 is 0 Å². The molecule has 0 spiro atoms. The molecule has 0 aliphatic rings. The first-order chi connectivity index (χ1) is 13.9. The van der Waals surface area contributed by atoms with Gasteiger partial charge in [-0.3, -0.25) is 0 Å². The minimum Gasteiger partial charge on any atom is -0.465 e. The van der Waals surface area contributed by atoms with Gasteiger partial charge in [-0.1, -0.05) is 36.4 Å². The van der Waals surface area contributed by atoms with Crippen LogP contribution in [0, 0.1) is 20.8 Å². The van der Waals surface area contributed by atoms with E-state index in [1.807, 2.05) is 25.1 Å². The molecule has 4 nitrogen and oxygen atoms in total. The monoisotopic (exact) mass is 388 g/mol. The molecular formula is C25H24O4. The topological polar surface area (TPSA) is 52.6 Å². The number of benzene rings is 3. The number of ether oxygens (including phenoxy) is 2. The highest BCUT2D eigenvalue weighted by Crippen LogP contribution is 2.23. The van der Waals surface area contributed by atoms with Crippen LogP contribution in [0.5, 0.6) is 5.75 Å². The summed E-state index contributed by atoms with van der Waals surface area (Å²) in [7, 11) is 1.30. The molecule has 0 saturated heterocycles. The first-order valence-corrected chi connectivity index (χ1v) is 9.43. The highest BCUT2D eigenvalue weighted by molar-refractivity contribution is 5.96. The number of hydrogen-bond acceptors (Lipinski definition) is 4. The maximum Gasteiger partial charge on any atom is 0.343 e. The number of hydrogen-bond donors (Lipinski definition) is 0. The van der Waals surface area contributed by atoms with Gasteiger partial charge in [0.15, 0.2) is 0 Å². The average molecular weight is 388 g/mol. The van der Waals surface area contributed by atoms with Crippen LogP contribution in [0.25, 0.3) is 0 Å². The number of rotatable bonds is 5. The lowest BCUT2D eigenvalue weighted by Crippen LogP contribution is -2.11. The van der Waals surface area contributed by atoms with Crippen molar-refractivity contribution in [3.8, 4) is 5.75 Å². The van der Waals surface area contributed by atoms with Gasteiger partial charge in [0.1, 0.15) is 5.75 Å². The summed E-state index contributed by atoms with van der Waals surface area (Å²) in [5, 5.41) is 0. The third-order valence-corrected chi connectivity index (χ3v) is 4.94. The molecule has 3 aromatic rings. The van der Waals surface area contributed by atoms with Crippen LogP contribution in [-0.4, -0.2) is 19.0 Å². The van der Waals surface area contributed by atoms with Crippen molar-refractivity contribution in [3.05, 3.63) is 99.6 Å². The molecule has 0 N–H and O–H groups in total. The second kappa shape index (κ2) is 8.74. The molecule has 0 amide bonds. The summed E-state index contributed by atoms with van der Waals surface area (Å²) >= 11 is 0. The largest absolute Gasteiger partial charge is 0.465 e. The molecule has 4 heteroatoms. The Morgan fingerprint density at radius 1 is 0.724 bits per heavy atom. The van der Waals surface area contributed by atoms with Gasteiger partial charge in [0.2, 0.25) is 0 Å².